The molecule has 5 nitrogen and oxygen atoms in total. The first kappa shape index (κ1) is 35.6. The molecule has 0 atom stereocenters. The molecule has 1 N–H and O–H groups in total. The summed E-state index contributed by atoms with van der Waals surface area (Å²) in [6.45, 7) is 4.48. The van der Waals surface area contributed by atoms with Crippen LogP contribution in [0.15, 0.2) is 200 Å². The van der Waals surface area contributed by atoms with E-state index in [0.717, 1.165) is 94.4 Å². The molecule has 0 amide bonds. The monoisotopic (exact) mass is 829 g/mol. The van der Waals surface area contributed by atoms with E-state index in [1.807, 2.05) is 54.7 Å². The van der Waals surface area contributed by atoms with Crippen LogP contribution in [0.5, 0.6) is 5.75 Å². The van der Waals surface area contributed by atoms with Crippen molar-refractivity contribution in [3.63, 3.8) is 0 Å². The zero-order valence-electron chi connectivity index (χ0n) is 38.8. The molecule has 8 aromatic carbocycles. The molecule has 0 aliphatic carbocycles. The van der Waals surface area contributed by atoms with E-state index in [1.54, 1.807) is 12.1 Å². The van der Waals surface area contributed by atoms with Crippen LogP contribution in [-0.4, -0.2) is 24.2 Å². The molecule has 0 fully saturated rings. The predicted molar refractivity (Wildman–Crippen MR) is 265 cm³/mol. The SMILES string of the molecule is [2H]C([2H])([2H])c1ccc(-c2ccnc(-c3cc(-c4cccc5c4nc(-c4cc6c7ccccc7n(-c7ccccc7)c6cc4O)n5-c4ccccc4-c4ccccc4)cc(C(C)(C)C)c3)c2)cc1. The van der Waals surface area contributed by atoms with Gasteiger partial charge in [-0.15, -0.1) is 0 Å². The minimum Gasteiger partial charge on any atom is -0.507 e. The number of phenolic OH excluding ortho intramolecular Hbond substituents is 1. The standard InChI is InChI=1S/C59H46N4O/c1-38-26-28-39(29-27-38)41-30-31-60-51(35-41)43-32-42(33-44(34-43)59(2,3)4)47-22-15-25-54-57(47)61-58(63(54)52-23-13-11-20-46(52)40-16-7-5-8-17-40)50-36-49-48-21-12-14-24-53(48)62(55(49)37-56(50)64)45-18-9-6-10-19-45/h5-37,64H,1-4H3/i1D3. The van der Waals surface area contributed by atoms with Gasteiger partial charge in [0.25, 0.3) is 0 Å². The maximum atomic E-state index is 12.4. The molecular formula is C59H46N4O. The molecule has 0 aliphatic heterocycles. The molecule has 0 radical (unpaired) electrons. The van der Waals surface area contributed by atoms with Crippen molar-refractivity contribution in [2.24, 2.45) is 0 Å². The van der Waals surface area contributed by atoms with Crippen LogP contribution in [-0.2, 0) is 5.41 Å². The molecule has 0 saturated carbocycles. The van der Waals surface area contributed by atoms with Crippen LogP contribution in [0.1, 0.15) is 36.0 Å². The Bertz CT molecular complexity index is 3660. The molecule has 0 saturated heterocycles. The molecule has 5 heteroatoms. The first-order chi connectivity index (χ1) is 32.4. The first-order valence-corrected chi connectivity index (χ1v) is 21.6. The number of pyridine rings is 1. The number of fused-ring (bicyclic) bond motifs is 4. The van der Waals surface area contributed by atoms with E-state index in [0.29, 0.717) is 17.0 Å². The third-order valence-corrected chi connectivity index (χ3v) is 12.3. The molecule has 0 spiro atoms. The van der Waals surface area contributed by atoms with Crippen molar-refractivity contribution < 1.29 is 9.22 Å². The van der Waals surface area contributed by atoms with Crippen molar-refractivity contribution in [2.45, 2.75) is 33.0 Å². The zero-order chi connectivity index (χ0) is 46.0. The Labute approximate surface area is 377 Å². The third-order valence-electron chi connectivity index (χ3n) is 12.3. The van der Waals surface area contributed by atoms with Crippen LogP contribution in [0, 0.1) is 6.85 Å². The maximum absolute atomic E-state index is 12.4. The quantitative estimate of drug-likeness (QED) is 0.174. The molecule has 11 rings (SSSR count). The molecule has 64 heavy (non-hydrogen) atoms. The smallest absolute Gasteiger partial charge is 0.149 e. The Morgan fingerprint density at radius 1 is 0.500 bits per heavy atom. The van der Waals surface area contributed by atoms with Crippen LogP contribution in [0.4, 0.5) is 0 Å². The second-order valence-electron chi connectivity index (χ2n) is 17.5. The summed E-state index contributed by atoms with van der Waals surface area (Å²) in [5, 5.41) is 14.5. The van der Waals surface area contributed by atoms with E-state index in [-0.39, 0.29) is 11.2 Å². The van der Waals surface area contributed by atoms with Gasteiger partial charge in [-0.2, -0.15) is 0 Å². The highest BCUT2D eigenvalue weighted by Crippen LogP contribution is 2.44. The minimum absolute atomic E-state index is 0.124. The summed E-state index contributed by atoms with van der Waals surface area (Å²) in [6, 6.07) is 65.5. The highest BCUT2D eigenvalue weighted by Gasteiger charge is 2.25. The molecule has 11 aromatic rings. The van der Waals surface area contributed by atoms with E-state index in [4.69, 9.17) is 14.1 Å². The van der Waals surface area contributed by atoms with Crippen molar-refractivity contribution in [1.29, 1.82) is 0 Å². The maximum Gasteiger partial charge on any atom is 0.149 e. The topological polar surface area (TPSA) is 55.9 Å². The van der Waals surface area contributed by atoms with Gasteiger partial charge in [0, 0.05) is 49.5 Å². The molecule has 3 heterocycles. The van der Waals surface area contributed by atoms with Crippen LogP contribution in [0.2, 0.25) is 0 Å². The van der Waals surface area contributed by atoms with Crippen LogP contribution in [0.25, 0.3) is 100 Å². The second-order valence-corrected chi connectivity index (χ2v) is 17.5. The second kappa shape index (κ2) is 15.4. The fraction of sp³-hybridized carbons (Fsp3) is 0.0847. The Kier molecular flexibility index (Phi) is 8.56. The van der Waals surface area contributed by atoms with Gasteiger partial charge in [-0.25, -0.2) is 4.98 Å². The number of aromatic hydroxyl groups is 1. The van der Waals surface area contributed by atoms with Gasteiger partial charge in [-0.05, 0) is 101 Å². The summed E-state index contributed by atoms with van der Waals surface area (Å²) < 4.78 is 28.0. The number of rotatable bonds is 7. The fourth-order valence-electron chi connectivity index (χ4n) is 9.12. The Morgan fingerprint density at radius 2 is 1.20 bits per heavy atom. The molecular weight excluding hydrogens is 781 g/mol. The van der Waals surface area contributed by atoms with Crippen molar-refractivity contribution in [2.75, 3.05) is 0 Å². The van der Waals surface area contributed by atoms with Crippen LogP contribution < -0.4 is 0 Å². The average molecular weight is 830 g/mol. The number of hydrogen-bond acceptors (Lipinski definition) is 3. The minimum atomic E-state index is -2.17. The van der Waals surface area contributed by atoms with Gasteiger partial charge < -0.3 is 9.67 Å². The van der Waals surface area contributed by atoms with Crippen molar-refractivity contribution in [3.05, 3.63) is 211 Å². The van der Waals surface area contributed by atoms with E-state index in [1.165, 1.54) is 0 Å². The number of hydrogen-bond donors (Lipinski definition) is 1. The fourth-order valence-corrected chi connectivity index (χ4v) is 9.12. The molecule has 0 unspecified atom stereocenters. The Morgan fingerprint density at radius 3 is 2.00 bits per heavy atom. The zero-order valence-corrected chi connectivity index (χ0v) is 35.8. The number of para-hydroxylation sites is 4. The Hall–Kier alpha value is -8.02. The number of aromatic nitrogens is 4. The van der Waals surface area contributed by atoms with Gasteiger partial charge >= 0.3 is 0 Å². The summed E-state index contributed by atoms with van der Waals surface area (Å²) in [4.78, 5) is 10.5. The summed E-state index contributed by atoms with van der Waals surface area (Å²) in [5.41, 5.74) is 15.1. The summed E-state index contributed by atoms with van der Waals surface area (Å²) >= 11 is 0. The van der Waals surface area contributed by atoms with Gasteiger partial charge in [0.15, 0.2) is 0 Å². The molecule has 3 aromatic heterocycles. The number of aryl methyl sites for hydroxylation is 1. The molecule has 0 bridgehead atoms. The van der Waals surface area contributed by atoms with E-state index >= 15 is 0 Å². The van der Waals surface area contributed by atoms with Gasteiger partial charge in [0.05, 0.1) is 39.0 Å². The van der Waals surface area contributed by atoms with Crippen LogP contribution in [0.3, 0.4) is 0 Å². The Balaban J connectivity index is 1.15. The molecule has 308 valence electrons. The predicted octanol–water partition coefficient (Wildman–Crippen LogP) is 15.2. The van der Waals surface area contributed by atoms with E-state index < -0.39 is 6.85 Å². The number of phenols is 1. The summed E-state index contributed by atoms with van der Waals surface area (Å²) in [6.07, 6.45) is 1.81. The lowest BCUT2D eigenvalue weighted by atomic mass is 9.83. The first-order valence-electron chi connectivity index (χ1n) is 23.1. The lowest BCUT2D eigenvalue weighted by Crippen LogP contribution is -2.11. The summed E-state index contributed by atoms with van der Waals surface area (Å²) in [5.74, 6) is 0.742. The van der Waals surface area contributed by atoms with Crippen molar-refractivity contribution >= 4 is 32.8 Å². The van der Waals surface area contributed by atoms with Gasteiger partial charge in [-0.1, -0.05) is 154 Å². The lowest BCUT2D eigenvalue weighted by molar-refractivity contribution is 0.477. The third kappa shape index (κ3) is 6.74. The molecule has 0 aliphatic rings. The van der Waals surface area contributed by atoms with E-state index in [9.17, 15) is 5.11 Å². The average Bonchev–Trinajstić information content (AvgIpc) is 3.89. The number of benzene rings is 8. The highest BCUT2D eigenvalue weighted by atomic mass is 16.3. The normalized spacial score (nSPS) is 12.7. The highest BCUT2D eigenvalue weighted by molar-refractivity contribution is 6.11. The van der Waals surface area contributed by atoms with Gasteiger partial charge in [-0.3, -0.25) is 9.55 Å². The number of nitrogens with zero attached hydrogens (tertiary/aromatic N) is 4. The largest absolute Gasteiger partial charge is 0.507 e. The van der Waals surface area contributed by atoms with Crippen molar-refractivity contribution in [3.8, 4) is 73.2 Å². The number of imidazole rings is 1. The van der Waals surface area contributed by atoms with Gasteiger partial charge in [0.2, 0.25) is 0 Å². The van der Waals surface area contributed by atoms with E-state index in [2.05, 4.69) is 163 Å². The summed E-state index contributed by atoms with van der Waals surface area (Å²) in [7, 11) is 0. The lowest BCUT2D eigenvalue weighted by Gasteiger charge is -2.22. The van der Waals surface area contributed by atoms with Gasteiger partial charge in [0.1, 0.15) is 11.6 Å². The van der Waals surface area contributed by atoms with Crippen molar-refractivity contribution in [1.82, 2.24) is 19.1 Å². The van der Waals surface area contributed by atoms with Crippen LogP contribution >= 0.6 is 0 Å².